The van der Waals surface area contributed by atoms with Gasteiger partial charge >= 0.3 is 0 Å². The van der Waals surface area contributed by atoms with E-state index in [-0.39, 0.29) is 12.4 Å². The van der Waals surface area contributed by atoms with Crippen molar-refractivity contribution >= 4 is 24.0 Å². The van der Waals surface area contributed by atoms with E-state index in [4.69, 9.17) is 11.6 Å². The lowest BCUT2D eigenvalue weighted by molar-refractivity contribution is 0.631. The first-order chi connectivity index (χ1) is 4.77. The number of rotatable bonds is 2. The Morgan fingerprint density at radius 3 is 2.64 bits per heavy atom. The summed E-state index contributed by atoms with van der Waals surface area (Å²) in [5, 5.41) is 4.23. The Bertz CT molecular complexity index is 199. The Morgan fingerprint density at radius 2 is 2.27 bits per heavy atom. The quantitative estimate of drug-likeness (QED) is 0.662. The number of hydrogen-bond donors (Lipinski definition) is 0. The third kappa shape index (κ3) is 2.38. The normalized spacial score (nSPS) is 9.36. The summed E-state index contributed by atoms with van der Waals surface area (Å²) in [6.45, 7) is 4.93. The maximum atomic E-state index is 5.66. The Labute approximate surface area is 78.0 Å². The molecule has 1 rings (SSSR count). The zero-order valence-electron chi connectivity index (χ0n) is 6.67. The zero-order valence-corrected chi connectivity index (χ0v) is 8.24. The van der Waals surface area contributed by atoms with Crippen LogP contribution in [0, 0.1) is 6.92 Å². The Kier molecular flexibility index (Phi) is 4.54. The zero-order chi connectivity index (χ0) is 7.56. The van der Waals surface area contributed by atoms with Gasteiger partial charge in [-0.25, -0.2) is 0 Å². The number of alkyl halides is 1. The molecule has 0 saturated carbocycles. The molecule has 1 heterocycles. The summed E-state index contributed by atoms with van der Waals surface area (Å²) < 4.78 is 1.92. The van der Waals surface area contributed by atoms with Gasteiger partial charge in [0.1, 0.15) is 0 Å². The standard InChI is InChI=1S/C7H11ClN2.ClH/c1-3-10-7(5-8)4-6(2)9-10;/h4H,3,5H2,1-2H3;1H. The molecule has 0 aliphatic heterocycles. The summed E-state index contributed by atoms with van der Waals surface area (Å²) >= 11 is 5.66. The van der Waals surface area contributed by atoms with Crippen molar-refractivity contribution in [1.29, 1.82) is 0 Å². The molecule has 0 radical (unpaired) electrons. The van der Waals surface area contributed by atoms with Crippen LogP contribution in [0.2, 0.25) is 0 Å². The van der Waals surface area contributed by atoms with Gasteiger partial charge in [0.25, 0.3) is 0 Å². The summed E-state index contributed by atoms with van der Waals surface area (Å²) in [6.07, 6.45) is 0. The topological polar surface area (TPSA) is 17.8 Å². The van der Waals surface area contributed by atoms with E-state index < -0.39 is 0 Å². The molecule has 0 amide bonds. The smallest absolute Gasteiger partial charge is 0.0644 e. The summed E-state index contributed by atoms with van der Waals surface area (Å²) in [5.74, 6) is 0.550. The third-order valence-electron chi connectivity index (χ3n) is 1.42. The average Bonchev–Trinajstić information content (AvgIpc) is 2.30. The van der Waals surface area contributed by atoms with Crippen LogP contribution in [0.15, 0.2) is 6.07 Å². The molecule has 0 aliphatic rings. The summed E-state index contributed by atoms with van der Waals surface area (Å²) in [5.41, 5.74) is 2.14. The van der Waals surface area contributed by atoms with E-state index in [1.54, 1.807) is 0 Å². The van der Waals surface area contributed by atoms with Crippen molar-refractivity contribution < 1.29 is 0 Å². The largest absolute Gasteiger partial charge is 0.268 e. The van der Waals surface area contributed by atoms with Crippen molar-refractivity contribution in [2.24, 2.45) is 0 Å². The van der Waals surface area contributed by atoms with E-state index >= 15 is 0 Å². The number of nitrogens with zero attached hydrogens (tertiary/aromatic N) is 2. The fraction of sp³-hybridized carbons (Fsp3) is 0.571. The molecule has 0 unspecified atom stereocenters. The lowest BCUT2D eigenvalue weighted by Gasteiger charge is -1.97. The molecule has 0 N–H and O–H groups in total. The first kappa shape index (κ1) is 10.8. The number of aromatic nitrogens is 2. The monoisotopic (exact) mass is 194 g/mol. The first-order valence-corrected chi connectivity index (χ1v) is 3.90. The molecule has 2 nitrogen and oxygen atoms in total. The van der Waals surface area contributed by atoms with Crippen LogP contribution < -0.4 is 0 Å². The lowest BCUT2D eigenvalue weighted by Crippen LogP contribution is -2.00. The average molecular weight is 195 g/mol. The van der Waals surface area contributed by atoms with Gasteiger partial charge in [-0.1, -0.05) is 0 Å². The van der Waals surface area contributed by atoms with Gasteiger partial charge in [-0.05, 0) is 19.9 Å². The summed E-state index contributed by atoms with van der Waals surface area (Å²) in [6, 6.07) is 2.01. The Morgan fingerprint density at radius 1 is 1.64 bits per heavy atom. The van der Waals surface area contributed by atoms with Gasteiger partial charge in [-0.2, -0.15) is 5.10 Å². The van der Waals surface area contributed by atoms with Crippen LogP contribution in [-0.2, 0) is 12.4 Å². The van der Waals surface area contributed by atoms with Crippen molar-refractivity contribution in [2.45, 2.75) is 26.3 Å². The van der Waals surface area contributed by atoms with Gasteiger partial charge in [-0.15, -0.1) is 24.0 Å². The van der Waals surface area contributed by atoms with Gasteiger partial charge in [-0.3, -0.25) is 4.68 Å². The highest BCUT2D eigenvalue weighted by Gasteiger charge is 2.00. The minimum absolute atomic E-state index is 0. The molecule has 0 atom stereocenters. The van der Waals surface area contributed by atoms with Crippen molar-refractivity contribution in [3.05, 3.63) is 17.5 Å². The highest BCUT2D eigenvalue weighted by atomic mass is 35.5. The second kappa shape index (κ2) is 4.62. The SMILES string of the molecule is CCn1nc(C)cc1CCl.Cl. The third-order valence-corrected chi connectivity index (χ3v) is 1.70. The van der Waals surface area contributed by atoms with Gasteiger partial charge in [0.15, 0.2) is 0 Å². The molecule has 1 aromatic rings. The number of halogens is 2. The highest BCUT2D eigenvalue weighted by Crippen LogP contribution is 2.05. The molecular weight excluding hydrogens is 183 g/mol. The van der Waals surface area contributed by atoms with Crippen LogP contribution in [0.4, 0.5) is 0 Å². The molecule has 0 aromatic carbocycles. The van der Waals surface area contributed by atoms with Crippen molar-refractivity contribution in [3.8, 4) is 0 Å². The van der Waals surface area contributed by atoms with E-state index in [0.717, 1.165) is 17.9 Å². The maximum absolute atomic E-state index is 5.66. The number of aryl methyl sites for hydroxylation is 2. The van der Waals surface area contributed by atoms with Crippen LogP contribution >= 0.6 is 24.0 Å². The van der Waals surface area contributed by atoms with Crippen molar-refractivity contribution in [2.75, 3.05) is 0 Å². The molecule has 0 aliphatic carbocycles. The van der Waals surface area contributed by atoms with Gasteiger partial charge in [0, 0.05) is 6.54 Å². The van der Waals surface area contributed by atoms with E-state index in [1.807, 2.05) is 17.7 Å². The fourth-order valence-corrected chi connectivity index (χ4v) is 1.20. The van der Waals surface area contributed by atoms with E-state index in [1.165, 1.54) is 0 Å². The second-order valence-corrected chi connectivity index (χ2v) is 2.49. The van der Waals surface area contributed by atoms with E-state index in [9.17, 15) is 0 Å². The van der Waals surface area contributed by atoms with Crippen molar-refractivity contribution in [1.82, 2.24) is 9.78 Å². The summed E-state index contributed by atoms with van der Waals surface area (Å²) in [4.78, 5) is 0. The first-order valence-electron chi connectivity index (χ1n) is 3.37. The van der Waals surface area contributed by atoms with Crippen LogP contribution in [0.25, 0.3) is 0 Å². The van der Waals surface area contributed by atoms with Gasteiger partial charge in [0.05, 0.1) is 17.3 Å². The highest BCUT2D eigenvalue weighted by molar-refractivity contribution is 6.16. The molecule has 0 bridgehead atoms. The van der Waals surface area contributed by atoms with Crippen LogP contribution in [-0.4, -0.2) is 9.78 Å². The number of hydrogen-bond acceptors (Lipinski definition) is 1. The van der Waals surface area contributed by atoms with Gasteiger partial charge < -0.3 is 0 Å². The van der Waals surface area contributed by atoms with Crippen molar-refractivity contribution in [3.63, 3.8) is 0 Å². The summed E-state index contributed by atoms with van der Waals surface area (Å²) in [7, 11) is 0. The minimum atomic E-state index is 0. The Hall–Kier alpha value is -0.210. The Balaban J connectivity index is 0.000001000. The molecule has 0 spiro atoms. The molecule has 0 saturated heterocycles. The van der Waals surface area contributed by atoms with E-state index in [0.29, 0.717) is 5.88 Å². The molecule has 1 aromatic heterocycles. The van der Waals surface area contributed by atoms with Gasteiger partial charge in [0.2, 0.25) is 0 Å². The van der Waals surface area contributed by atoms with E-state index in [2.05, 4.69) is 12.0 Å². The predicted octanol–water partition coefficient (Wildman–Crippen LogP) is 2.37. The molecule has 11 heavy (non-hydrogen) atoms. The minimum Gasteiger partial charge on any atom is -0.268 e. The molecular formula is C7H12Cl2N2. The maximum Gasteiger partial charge on any atom is 0.0644 e. The second-order valence-electron chi connectivity index (χ2n) is 2.23. The molecule has 64 valence electrons. The molecule has 4 heteroatoms. The van der Waals surface area contributed by atoms with Crippen LogP contribution in [0.1, 0.15) is 18.3 Å². The molecule has 0 fully saturated rings. The van der Waals surface area contributed by atoms with Crippen LogP contribution in [0.3, 0.4) is 0 Å². The van der Waals surface area contributed by atoms with Crippen LogP contribution in [0.5, 0.6) is 0 Å². The lowest BCUT2D eigenvalue weighted by atomic mass is 10.4. The fourth-order valence-electron chi connectivity index (χ4n) is 0.980. The predicted molar refractivity (Wildman–Crippen MR) is 49.4 cm³/mol.